The molecule has 0 unspecified atom stereocenters. The molecule has 2 fully saturated rings. The molecule has 0 radical (unpaired) electrons. The maximum Gasteiger partial charge on any atom is 0.339 e. The van der Waals surface area contributed by atoms with Crippen LogP contribution in [-0.4, -0.2) is 104 Å². The largest absolute Gasteiger partial charge is 0.460 e. The summed E-state index contributed by atoms with van der Waals surface area (Å²) in [5.41, 5.74) is 0.500. The van der Waals surface area contributed by atoms with Crippen molar-refractivity contribution >= 4 is 11.9 Å². The topological polar surface area (TPSA) is 108 Å². The molecule has 0 spiro atoms. The summed E-state index contributed by atoms with van der Waals surface area (Å²) in [5, 5.41) is 0. The zero-order valence-electron chi connectivity index (χ0n) is 21.3. The fraction of sp³-hybridized carbons (Fsp3) is 0.692. The zero-order chi connectivity index (χ0) is 25.7. The molecule has 0 aliphatic carbocycles. The van der Waals surface area contributed by atoms with Gasteiger partial charge in [-0.05, 0) is 12.1 Å². The van der Waals surface area contributed by atoms with Crippen molar-refractivity contribution in [3.63, 3.8) is 0 Å². The third kappa shape index (κ3) is 9.42. The molecule has 3 rings (SSSR count). The Morgan fingerprint density at radius 2 is 1.00 bits per heavy atom. The summed E-state index contributed by atoms with van der Waals surface area (Å²) in [4.78, 5) is 24.9. The SMILES string of the molecule is CC1(COCCOCCOC(=O)c2ccccc2C(=O)OCCOCCOCC2(C)COC2)COC1. The second-order valence-electron chi connectivity index (χ2n) is 9.75. The van der Waals surface area contributed by atoms with Gasteiger partial charge in [0.1, 0.15) is 13.2 Å². The number of benzene rings is 1. The van der Waals surface area contributed by atoms with Gasteiger partial charge in [0.15, 0.2) is 0 Å². The normalized spacial score (nSPS) is 17.6. The first-order valence-electron chi connectivity index (χ1n) is 12.3. The van der Waals surface area contributed by atoms with E-state index in [2.05, 4.69) is 13.8 Å². The van der Waals surface area contributed by atoms with E-state index in [0.29, 0.717) is 39.6 Å². The molecule has 0 atom stereocenters. The van der Waals surface area contributed by atoms with Crippen molar-refractivity contribution < 1.29 is 47.5 Å². The van der Waals surface area contributed by atoms with Gasteiger partial charge >= 0.3 is 11.9 Å². The Hall–Kier alpha value is -2.08. The van der Waals surface area contributed by atoms with Gasteiger partial charge in [0.2, 0.25) is 0 Å². The Labute approximate surface area is 212 Å². The average Bonchev–Trinajstić information content (AvgIpc) is 2.84. The number of hydrogen-bond donors (Lipinski definition) is 0. The van der Waals surface area contributed by atoms with Gasteiger partial charge in [-0.25, -0.2) is 9.59 Å². The highest BCUT2D eigenvalue weighted by Gasteiger charge is 2.34. The van der Waals surface area contributed by atoms with Crippen molar-refractivity contribution in [3.8, 4) is 0 Å². The highest BCUT2D eigenvalue weighted by Crippen LogP contribution is 2.27. The van der Waals surface area contributed by atoms with Crippen molar-refractivity contribution in [1.29, 1.82) is 0 Å². The lowest BCUT2D eigenvalue weighted by Gasteiger charge is -2.37. The number of carbonyl (C=O) groups is 2. The van der Waals surface area contributed by atoms with E-state index >= 15 is 0 Å². The van der Waals surface area contributed by atoms with Crippen molar-refractivity contribution in [2.45, 2.75) is 13.8 Å². The first kappa shape index (κ1) is 28.5. The molecule has 0 saturated carbocycles. The molecule has 0 aromatic heterocycles. The molecule has 0 bridgehead atoms. The Balaban J connectivity index is 1.23. The Morgan fingerprint density at radius 3 is 1.36 bits per heavy atom. The third-order valence-corrected chi connectivity index (χ3v) is 5.74. The Morgan fingerprint density at radius 1 is 0.639 bits per heavy atom. The summed E-state index contributed by atoms with van der Waals surface area (Å²) in [6.45, 7) is 10.7. The minimum absolute atomic E-state index is 0.0653. The van der Waals surface area contributed by atoms with E-state index in [1.165, 1.54) is 12.1 Å². The van der Waals surface area contributed by atoms with E-state index in [0.717, 1.165) is 26.4 Å². The summed E-state index contributed by atoms with van der Waals surface area (Å²) in [5.74, 6) is -1.22. The summed E-state index contributed by atoms with van der Waals surface area (Å²) in [7, 11) is 0. The van der Waals surface area contributed by atoms with Crippen LogP contribution < -0.4 is 0 Å². The maximum absolute atomic E-state index is 12.5. The van der Waals surface area contributed by atoms with Gasteiger partial charge in [-0.1, -0.05) is 26.0 Å². The van der Waals surface area contributed by atoms with Gasteiger partial charge in [0.25, 0.3) is 0 Å². The molecule has 36 heavy (non-hydrogen) atoms. The van der Waals surface area contributed by atoms with Gasteiger partial charge in [-0.15, -0.1) is 0 Å². The van der Waals surface area contributed by atoms with Crippen LogP contribution in [0, 0.1) is 10.8 Å². The molecule has 2 aliphatic heterocycles. The summed E-state index contributed by atoms with van der Waals surface area (Å²) in [6.07, 6.45) is 0. The number of carbonyl (C=O) groups excluding carboxylic acids is 2. The van der Waals surface area contributed by atoms with E-state index < -0.39 is 11.9 Å². The quantitative estimate of drug-likeness (QED) is 0.215. The van der Waals surface area contributed by atoms with E-state index in [1.807, 2.05) is 0 Å². The summed E-state index contributed by atoms with van der Waals surface area (Å²) >= 11 is 0. The molecule has 1 aromatic rings. The van der Waals surface area contributed by atoms with E-state index in [-0.39, 0.29) is 48.4 Å². The third-order valence-electron chi connectivity index (χ3n) is 5.74. The predicted molar refractivity (Wildman–Crippen MR) is 128 cm³/mol. The predicted octanol–water partition coefficient (Wildman–Crippen LogP) is 2.14. The maximum atomic E-state index is 12.5. The Bertz CT molecular complexity index is 752. The Kier molecular flexibility index (Phi) is 11.6. The van der Waals surface area contributed by atoms with Gasteiger partial charge in [-0.2, -0.15) is 0 Å². The minimum Gasteiger partial charge on any atom is -0.460 e. The molecular weight excluding hydrogens is 472 g/mol. The van der Waals surface area contributed by atoms with E-state index in [1.54, 1.807) is 12.1 Å². The monoisotopic (exact) mass is 510 g/mol. The molecule has 2 saturated heterocycles. The van der Waals surface area contributed by atoms with Gasteiger partial charge in [0.05, 0.1) is 90.4 Å². The lowest BCUT2D eigenvalue weighted by atomic mass is 9.90. The zero-order valence-corrected chi connectivity index (χ0v) is 21.3. The number of rotatable bonds is 18. The van der Waals surface area contributed by atoms with Gasteiger partial charge < -0.3 is 37.9 Å². The van der Waals surface area contributed by atoms with Gasteiger partial charge in [0, 0.05) is 10.8 Å². The van der Waals surface area contributed by atoms with Crippen LogP contribution in [0.2, 0.25) is 0 Å². The molecule has 202 valence electrons. The standard InChI is InChI=1S/C26H38O10/c1-25(17-33-18-25)15-31-9-7-29-11-13-35-23(27)21-5-3-4-6-22(21)24(28)36-14-12-30-8-10-32-16-26(2)19-34-20-26/h3-6H,7-20H2,1-2H3. The lowest BCUT2D eigenvalue weighted by Crippen LogP contribution is -2.43. The first-order valence-corrected chi connectivity index (χ1v) is 12.3. The molecule has 10 nitrogen and oxygen atoms in total. The van der Waals surface area contributed by atoms with Crippen molar-refractivity contribution in [2.24, 2.45) is 10.8 Å². The second-order valence-corrected chi connectivity index (χ2v) is 9.75. The summed E-state index contributed by atoms with van der Waals surface area (Å²) < 4.78 is 42.9. The van der Waals surface area contributed by atoms with Crippen LogP contribution in [0.3, 0.4) is 0 Å². The number of hydrogen-bond acceptors (Lipinski definition) is 10. The van der Waals surface area contributed by atoms with Crippen molar-refractivity contribution in [3.05, 3.63) is 35.4 Å². The number of esters is 2. The van der Waals surface area contributed by atoms with Crippen LogP contribution in [0.5, 0.6) is 0 Å². The smallest absolute Gasteiger partial charge is 0.339 e. The molecular formula is C26H38O10. The number of ether oxygens (including phenoxy) is 8. The fourth-order valence-electron chi connectivity index (χ4n) is 3.53. The van der Waals surface area contributed by atoms with Crippen LogP contribution >= 0.6 is 0 Å². The minimum atomic E-state index is -0.612. The van der Waals surface area contributed by atoms with Crippen LogP contribution in [-0.2, 0) is 37.9 Å². The molecule has 10 heteroatoms. The van der Waals surface area contributed by atoms with E-state index in [4.69, 9.17) is 37.9 Å². The summed E-state index contributed by atoms with van der Waals surface area (Å²) in [6, 6.07) is 6.38. The highest BCUT2D eigenvalue weighted by molar-refractivity contribution is 6.03. The van der Waals surface area contributed by atoms with E-state index in [9.17, 15) is 9.59 Å². The van der Waals surface area contributed by atoms with Gasteiger partial charge in [-0.3, -0.25) is 0 Å². The molecule has 2 aliphatic rings. The first-order chi connectivity index (χ1) is 17.4. The molecule has 2 heterocycles. The molecule has 0 amide bonds. The van der Waals surface area contributed by atoms with Crippen LogP contribution in [0.1, 0.15) is 34.6 Å². The van der Waals surface area contributed by atoms with Crippen LogP contribution in [0.15, 0.2) is 24.3 Å². The fourth-order valence-corrected chi connectivity index (χ4v) is 3.53. The average molecular weight is 511 g/mol. The highest BCUT2D eigenvalue weighted by atomic mass is 16.6. The second kappa shape index (κ2) is 14.6. The van der Waals surface area contributed by atoms with Crippen LogP contribution in [0.25, 0.3) is 0 Å². The van der Waals surface area contributed by atoms with Crippen LogP contribution in [0.4, 0.5) is 0 Å². The van der Waals surface area contributed by atoms with Crippen molar-refractivity contribution in [2.75, 3.05) is 92.5 Å². The molecule has 0 N–H and O–H groups in total. The molecule has 1 aromatic carbocycles. The lowest BCUT2D eigenvalue weighted by molar-refractivity contribution is -0.141. The van der Waals surface area contributed by atoms with Crippen molar-refractivity contribution in [1.82, 2.24) is 0 Å².